The van der Waals surface area contributed by atoms with Gasteiger partial charge in [-0.05, 0) is 46.5 Å². The Balaban J connectivity index is 1.87. The second-order valence-corrected chi connectivity index (χ2v) is 4.85. The normalized spacial score (nSPS) is 15.1. The summed E-state index contributed by atoms with van der Waals surface area (Å²) >= 11 is 3.38. The molecule has 0 aliphatic carbocycles. The lowest BCUT2D eigenvalue weighted by Crippen LogP contribution is -2.25. The van der Waals surface area contributed by atoms with E-state index < -0.39 is 0 Å². The molecule has 1 aromatic carbocycles. The van der Waals surface area contributed by atoms with Gasteiger partial charge in [0.05, 0.1) is 18.9 Å². The second-order valence-electron chi connectivity index (χ2n) is 3.99. The fourth-order valence-corrected chi connectivity index (χ4v) is 2.05. The highest BCUT2D eigenvalue weighted by Gasteiger charge is 2.06. The smallest absolute Gasteiger partial charge is 0.323 e. The van der Waals surface area contributed by atoms with Crippen molar-refractivity contribution in [3.63, 3.8) is 0 Å². The van der Waals surface area contributed by atoms with Crippen LogP contribution >= 0.6 is 15.9 Å². The van der Waals surface area contributed by atoms with E-state index in [4.69, 9.17) is 4.74 Å². The van der Waals surface area contributed by atoms with Gasteiger partial charge in [0.1, 0.15) is 0 Å². The summed E-state index contributed by atoms with van der Waals surface area (Å²) in [6.07, 6.45) is 3.54. The number of carbonyl (C=O) groups excluding carboxylic acids is 1. The van der Waals surface area contributed by atoms with Crippen LogP contribution in [0, 0.1) is 0 Å². The lowest BCUT2D eigenvalue weighted by molar-refractivity contribution is 0.119. The number of hydrogen-bond donors (Lipinski definition) is 2. The van der Waals surface area contributed by atoms with Crippen LogP contribution in [0.3, 0.4) is 0 Å². The molecule has 0 saturated carbocycles. The molecule has 1 heterocycles. The van der Waals surface area contributed by atoms with Crippen LogP contribution in [0.1, 0.15) is 12.8 Å². The highest BCUT2D eigenvalue weighted by Crippen LogP contribution is 2.20. The minimum atomic E-state index is -0.235. The van der Waals surface area contributed by atoms with Crippen LogP contribution in [0.25, 0.3) is 0 Å². The van der Waals surface area contributed by atoms with E-state index >= 15 is 0 Å². The largest absolute Gasteiger partial charge is 0.381 e. The molecule has 0 aromatic heterocycles. The number of benzene rings is 1. The van der Waals surface area contributed by atoms with Gasteiger partial charge in [-0.15, -0.1) is 0 Å². The Kier molecular flexibility index (Phi) is 4.78. The van der Waals surface area contributed by atoms with Crippen molar-refractivity contribution in [1.82, 2.24) is 5.32 Å². The van der Waals surface area contributed by atoms with Crippen molar-refractivity contribution in [2.75, 3.05) is 18.5 Å². The van der Waals surface area contributed by atoms with E-state index in [1.807, 2.05) is 24.3 Å². The summed E-state index contributed by atoms with van der Waals surface area (Å²) in [5.74, 6) is 0. The molecular formula is C13H15BrN2O2. The highest BCUT2D eigenvalue weighted by atomic mass is 79.9. The third kappa shape index (κ3) is 3.85. The van der Waals surface area contributed by atoms with Crippen LogP contribution in [0.5, 0.6) is 0 Å². The molecule has 18 heavy (non-hydrogen) atoms. The Morgan fingerprint density at radius 3 is 2.72 bits per heavy atom. The van der Waals surface area contributed by atoms with Crippen molar-refractivity contribution in [3.8, 4) is 0 Å². The van der Waals surface area contributed by atoms with E-state index in [-0.39, 0.29) is 6.03 Å². The highest BCUT2D eigenvalue weighted by molar-refractivity contribution is 9.10. The van der Waals surface area contributed by atoms with Gasteiger partial charge in [0.25, 0.3) is 0 Å². The summed E-state index contributed by atoms with van der Waals surface area (Å²) in [6.45, 7) is 1.47. The van der Waals surface area contributed by atoms with E-state index in [1.165, 1.54) is 5.57 Å². The molecule has 96 valence electrons. The van der Waals surface area contributed by atoms with Crippen LogP contribution < -0.4 is 10.6 Å². The van der Waals surface area contributed by atoms with Gasteiger partial charge in [0.2, 0.25) is 0 Å². The predicted octanol–water partition coefficient (Wildman–Crippen LogP) is 3.26. The predicted molar refractivity (Wildman–Crippen MR) is 74.4 cm³/mol. The fraction of sp³-hybridized carbons (Fsp3) is 0.308. The van der Waals surface area contributed by atoms with Crippen molar-refractivity contribution in [2.45, 2.75) is 12.8 Å². The van der Waals surface area contributed by atoms with Crippen molar-refractivity contribution in [3.05, 3.63) is 40.5 Å². The first-order valence-corrected chi connectivity index (χ1v) is 6.63. The summed E-state index contributed by atoms with van der Waals surface area (Å²) in [4.78, 5) is 11.7. The molecule has 1 aliphatic heterocycles. The van der Waals surface area contributed by atoms with E-state index in [2.05, 4.69) is 26.6 Å². The minimum absolute atomic E-state index is 0.235. The summed E-state index contributed by atoms with van der Waals surface area (Å²) in [6, 6.07) is 7.26. The molecule has 2 N–H and O–H groups in total. The Morgan fingerprint density at radius 1 is 1.28 bits per heavy atom. The maximum Gasteiger partial charge on any atom is 0.323 e. The molecule has 1 aromatic rings. The van der Waals surface area contributed by atoms with Crippen molar-refractivity contribution in [2.24, 2.45) is 0 Å². The summed E-state index contributed by atoms with van der Waals surface area (Å²) in [5.41, 5.74) is 1.96. The lowest BCUT2D eigenvalue weighted by atomic mass is 10.1. The van der Waals surface area contributed by atoms with E-state index in [0.29, 0.717) is 0 Å². The number of para-hydroxylation sites is 1. The van der Waals surface area contributed by atoms with Gasteiger partial charge in [-0.2, -0.15) is 0 Å². The van der Waals surface area contributed by atoms with Crippen LogP contribution in [-0.2, 0) is 4.74 Å². The van der Waals surface area contributed by atoms with Crippen molar-refractivity contribution < 1.29 is 9.53 Å². The third-order valence-electron chi connectivity index (χ3n) is 2.66. The van der Waals surface area contributed by atoms with Gasteiger partial charge in [0, 0.05) is 10.7 Å². The fourth-order valence-electron chi connectivity index (χ4n) is 1.67. The lowest BCUT2D eigenvalue weighted by Gasteiger charge is -2.14. The van der Waals surface area contributed by atoms with Gasteiger partial charge in [-0.25, -0.2) is 4.79 Å². The molecule has 2 rings (SSSR count). The minimum Gasteiger partial charge on any atom is -0.381 e. The van der Waals surface area contributed by atoms with Crippen LogP contribution in [-0.4, -0.2) is 19.2 Å². The average molecular weight is 311 g/mol. The molecule has 0 atom stereocenters. The molecule has 0 spiro atoms. The number of rotatable bonds is 2. The Bertz CT molecular complexity index is 452. The monoisotopic (exact) mass is 310 g/mol. The summed E-state index contributed by atoms with van der Waals surface area (Å²) in [5, 5.41) is 5.52. The Labute approximate surface area is 115 Å². The maximum absolute atomic E-state index is 11.7. The first kappa shape index (κ1) is 13.1. The molecule has 0 bridgehead atoms. The molecule has 1 aliphatic rings. The number of carbonyl (C=O) groups is 1. The molecule has 2 amide bonds. The Morgan fingerprint density at radius 2 is 2.00 bits per heavy atom. The second kappa shape index (κ2) is 6.56. The van der Waals surface area contributed by atoms with Gasteiger partial charge in [-0.1, -0.05) is 12.1 Å². The van der Waals surface area contributed by atoms with Crippen LogP contribution in [0.2, 0.25) is 0 Å². The number of amides is 2. The van der Waals surface area contributed by atoms with Crippen molar-refractivity contribution in [1.29, 1.82) is 0 Å². The van der Waals surface area contributed by atoms with Crippen LogP contribution in [0.4, 0.5) is 10.5 Å². The first-order valence-electron chi connectivity index (χ1n) is 5.83. The van der Waals surface area contributed by atoms with Crippen molar-refractivity contribution >= 4 is 27.6 Å². The summed E-state index contributed by atoms with van der Waals surface area (Å²) in [7, 11) is 0. The van der Waals surface area contributed by atoms with E-state index in [1.54, 1.807) is 6.20 Å². The van der Waals surface area contributed by atoms with E-state index in [9.17, 15) is 4.79 Å². The first-order chi connectivity index (χ1) is 8.75. The van der Waals surface area contributed by atoms with Gasteiger partial charge in [-0.3, -0.25) is 0 Å². The maximum atomic E-state index is 11.7. The number of ether oxygens (including phenoxy) is 1. The molecule has 0 unspecified atom stereocenters. The number of hydrogen-bond acceptors (Lipinski definition) is 2. The SMILES string of the molecule is O=C(NC=C1CCOCC1)Nc1ccccc1Br. The molecule has 4 nitrogen and oxygen atoms in total. The van der Waals surface area contributed by atoms with E-state index in [0.717, 1.165) is 36.2 Å². The molecule has 1 saturated heterocycles. The average Bonchev–Trinajstić information content (AvgIpc) is 2.40. The number of urea groups is 1. The zero-order chi connectivity index (χ0) is 12.8. The van der Waals surface area contributed by atoms with Gasteiger partial charge < -0.3 is 15.4 Å². The number of nitrogens with one attached hydrogen (secondary N) is 2. The molecule has 1 fully saturated rings. The van der Waals surface area contributed by atoms with Crippen LogP contribution in [0.15, 0.2) is 40.5 Å². The number of anilines is 1. The van der Waals surface area contributed by atoms with Gasteiger partial charge in [0.15, 0.2) is 0 Å². The zero-order valence-electron chi connectivity index (χ0n) is 9.91. The quantitative estimate of drug-likeness (QED) is 0.881. The Hall–Kier alpha value is -1.33. The zero-order valence-corrected chi connectivity index (χ0v) is 11.5. The summed E-state index contributed by atoms with van der Waals surface area (Å²) < 4.78 is 6.10. The number of halogens is 1. The molecular weight excluding hydrogens is 296 g/mol. The third-order valence-corrected chi connectivity index (χ3v) is 3.36. The standard InChI is InChI=1S/C13H15BrN2O2/c14-11-3-1-2-4-12(11)16-13(17)15-9-10-5-7-18-8-6-10/h1-4,9H,5-8H2,(H2,15,16,17). The molecule has 0 radical (unpaired) electrons. The molecule has 5 heteroatoms. The topological polar surface area (TPSA) is 50.4 Å². The van der Waals surface area contributed by atoms with Gasteiger partial charge >= 0.3 is 6.03 Å².